The lowest BCUT2D eigenvalue weighted by Crippen LogP contribution is -2.73. The van der Waals surface area contributed by atoms with Gasteiger partial charge >= 0.3 is 6.01 Å². The van der Waals surface area contributed by atoms with Gasteiger partial charge in [-0.2, -0.15) is 9.97 Å². The van der Waals surface area contributed by atoms with Crippen LogP contribution in [-0.4, -0.2) is 53.5 Å². The van der Waals surface area contributed by atoms with Crippen LogP contribution in [0.1, 0.15) is 12.0 Å². The molecule has 3 fully saturated rings. The van der Waals surface area contributed by atoms with Gasteiger partial charge in [0.2, 0.25) is 0 Å². The van der Waals surface area contributed by atoms with Crippen molar-refractivity contribution in [3.05, 3.63) is 46.7 Å². The van der Waals surface area contributed by atoms with Gasteiger partial charge < -0.3 is 24.8 Å². The molecule has 0 saturated carbocycles. The highest BCUT2D eigenvalue weighted by Gasteiger charge is 2.47. The third-order valence-electron chi connectivity index (χ3n) is 7.45. The van der Waals surface area contributed by atoms with E-state index in [2.05, 4.69) is 26.1 Å². The summed E-state index contributed by atoms with van der Waals surface area (Å²) in [4.78, 5) is 11.2. The molecule has 0 aliphatic carbocycles. The summed E-state index contributed by atoms with van der Waals surface area (Å²) < 4.78 is 28.2. The first-order valence-electron chi connectivity index (χ1n) is 11.6. The molecule has 2 bridgehead atoms. The van der Waals surface area contributed by atoms with Crippen molar-refractivity contribution in [3.63, 3.8) is 0 Å². The molecule has 4 aliphatic heterocycles. The van der Waals surface area contributed by atoms with Crippen LogP contribution in [0.15, 0.2) is 30.3 Å². The van der Waals surface area contributed by atoms with Gasteiger partial charge in [-0.1, -0.05) is 29.7 Å². The number of hydrogen-bond donors (Lipinski definition) is 2. The Balaban J connectivity index is 1.58. The average molecular weight is 503 g/mol. The van der Waals surface area contributed by atoms with Crippen LogP contribution in [0.3, 0.4) is 0 Å². The molecule has 3 atom stereocenters. The number of anilines is 1. The summed E-state index contributed by atoms with van der Waals surface area (Å²) in [6.07, 6.45) is 6.83. The minimum atomic E-state index is -0.665. The summed E-state index contributed by atoms with van der Waals surface area (Å²) in [6.45, 7) is 1.06. The van der Waals surface area contributed by atoms with Crippen molar-refractivity contribution < 1.29 is 19.0 Å². The molecule has 0 spiro atoms. The van der Waals surface area contributed by atoms with Crippen molar-refractivity contribution >= 4 is 39.1 Å². The van der Waals surface area contributed by atoms with E-state index in [-0.39, 0.29) is 39.9 Å². The van der Waals surface area contributed by atoms with E-state index in [1.165, 1.54) is 13.2 Å². The fourth-order valence-corrected chi connectivity index (χ4v) is 6.16. The highest BCUT2D eigenvalue weighted by molar-refractivity contribution is 6.37. The molecule has 0 radical (unpaired) electrons. The van der Waals surface area contributed by atoms with Gasteiger partial charge in [-0.25, -0.2) is 4.39 Å². The van der Waals surface area contributed by atoms with Crippen molar-refractivity contribution in [3.8, 4) is 41.0 Å². The number of ether oxygens (including phenoxy) is 2. The quantitative estimate of drug-likeness (QED) is 0.397. The number of nitrogens with one attached hydrogen (secondary N) is 1. The number of phenols is 1. The van der Waals surface area contributed by atoms with E-state index < -0.39 is 5.82 Å². The van der Waals surface area contributed by atoms with Crippen LogP contribution in [-0.2, 0) is 0 Å². The molecule has 1 aromatic heterocycles. The molecular weight excluding hydrogens is 483 g/mol. The largest absolute Gasteiger partial charge is 0.508 e. The van der Waals surface area contributed by atoms with Crippen LogP contribution < -0.4 is 19.7 Å². The number of benzene rings is 3. The van der Waals surface area contributed by atoms with Crippen LogP contribution >= 0.6 is 11.6 Å². The summed E-state index contributed by atoms with van der Waals surface area (Å²) in [5.41, 5.74) is 0.993. The lowest BCUT2D eigenvalue weighted by atomic mass is 9.84. The molecule has 0 amide bonds. The Morgan fingerprint density at radius 2 is 2.14 bits per heavy atom. The number of phenolic OH excluding ortho intramolecular Hbond substituents is 1. The van der Waals surface area contributed by atoms with E-state index in [9.17, 15) is 5.11 Å². The maximum absolute atomic E-state index is 16.5. The van der Waals surface area contributed by atoms with Gasteiger partial charge in [0.1, 0.15) is 23.7 Å². The number of methoxy groups -OCH3 is 1. The summed E-state index contributed by atoms with van der Waals surface area (Å²) in [7, 11) is 1.45. The monoisotopic (exact) mass is 502 g/mol. The van der Waals surface area contributed by atoms with Gasteiger partial charge in [0.05, 0.1) is 23.6 Å². The van der Waals surface area contributed by atoms with Gasteiger partial charge in [0.25, 0.3) is 0 Å². The fraction of sp³-hybridized carbons (Fsp3) is 0.259. The van der Waals surface area contributed by atoms with Crippen molar-refractivity contribution in [1.29, 1.82) is 0 Å². The first kappa shape index (κ1) is 21.5. The zero-order chi connectivity index (χ0) is 24.7. The normalized spacial score (nSPS) is 21.8. The molecule has 8 rings (SSSR count). The maximum Gasteiger partial charge on any atom is 0.318 e. The summed E-state index contributed by atoms with van der Waals surface area (Å²) in [5.74, 6) is 2.80. The van der Waals surface area contributed by atoms with Crippen LogP contribution in [0, 0.1) is 18.2 Å². The van der Waals surface area contributed by atoms with Crippen LogP contribution in [0.25, 0.3) is 32.8 Å². The number of nitrogens with zero attached hydrogens (tertiary/aromatic N) is 3. The molecule has 36 heavy (non-hydrogen) atoms. The Morgan fingerprint density at radius 1 is 1.31 bits per heavy atom. The Kier molecular flexibility index (Phi) is 4.53. The number of hydrogen-bond acceptors (Lipinski definition) is 7. The van der Waals surface area contributed by atoms with E-state index >= 15 is 4.39 Å². The molecule has 7 nitrogen and oxygen atoms in total. The second-order valence-corrected chi connectivity index (χ2v) is 9.75. The number of fused-ring (bicyclic) bond motifs is 1. The predicted molar refractivity (Wildman–Crippen MR) is 136 cm³/mol. The van der Waals surface area contributed by atoms with E-state index in [0.29, 0.717) is 58.0 Å². The Hall–Kier alpha value is -3.80. The first-order chi connectivity index (χ1) is 17.5. The molecular formula is C27H20ClFN4O3. The molecule has 2 N–H and O–H groups in total. The van der Waals surface area contributed by atoms with E-state index in [0.717, 1.165) is 6.42 Å². The van der Waals surface area contributed by atoms with Gasteiger partial charge in [-0.15, -0.1) is 6.42 Å². The Morgan fingerprint density at radius 3 is 2.92 bits per heavy atom. The number of terminal acetylenes is 1. The van der Waals surface area contributed by atoms with Crippen LogP contribution in [0.5, 0.6) is 17.5 Å². The lowest BCUT2D eigenvalue weighted by Gasteiger charge is -2.53. The SMILES string of the molecule is C#Cc1cccc2cc(O)cc(-c3c(Cl)c4c5c(nc(OC)nc5c3F)N3CC5CC(N5)C3CO4)c12. The molecule has 4 aromatic rings. The summed E-state index contributed by atoms with van der Waals surface area (Å²) in [5, 5.41) is 15.8. The van der Waals surface area contributed by atoms with Crippen molar-refractivity contribution in [1.82, 2.24) is 15.3 Å². The van der Waals surface area contributed by atoms with E-state index in [1.54, 1.807) is 24.3 Å². The van der Waals surface area contributed by atoms with Crippen LogP contribution in [0.2, 0.25) is 5.02 Å². The summed E-state index contributed by atoms with van der Waals surface area (Å²) in [6, 6.07) is 9.03. The van der Waals surface area contributed by atoms with E-state index in [1.807, 2.05) is 0 Å². The van der Waals surface area contributed by atoms with Gasteiger partial charge in [-0.05, 0) is 35.6 Å². The number of rotatable bonds is 2. The highest BCUT2D eigenvalue weighted by Crippen LogP contribution is 2.51. The lowest BCUT2D eigenvalue weighted by molar-refractivity contribution is 0.138. The summed E-state index contributed by atoms with van der Waals surface area (Å²) >= 11 is 6.95. The van der Waals surface area contributed by atoms with Gasteiger partial charge in [0.15, 0.2) is 11.6 Å². The maximum atomic E-state index is 16.5. The van der Waals surface area contributed by atoms with Gasteiger partial charge in [0, 0.05) is 35.1 Å². The molecule has 180 valence electrons. The van der Waals surface area contributed by atoms with Crippen molar-refractivity contribution in [2.45, 2.75) is 24.5 Å². The van der Waals surface area contributed by atoms with Gasteiger partial charge in [-0.3, -0.25) is 0 Å². The third kappa shape index (κ3) is 2.84. The zero-order valence-corrected chi connectivity index (χ0v) is 19.9. The first-order valence-corrected chi connectivity index (χ1v) is 12.0. The average Bonchev–Trinajstić information content (AvgIpc) is 3.03. The number of halogens is 2. The number of piperazine rings is 1. The number of piperidine rings is 1. The molecule has 3 saturated heterocycles. The topological polar surface area (TPSA) is 79.7 Å². The minimum Gasteiger partial charge on any atom is -0.508 e. The van der Waals surface area contributed by atoms with Crippen molar-refractivity contribution in [2.24, 2.45) is 0 Å². The standard InChI is InChI=1S/C27H20ClFN4O3/c1-3-12-5-4-6-13-7-15(34)9-16(19(12)13)20-22(28)25-21-24(23(20)29)31-27(35-2)32-26(21)33-10-14-8-17(30-14)18(33)11-36-25/h1,4-7,9,14,17-18,30,34H,8,10-11H2,2H3. The Labute approximate surface area is 210 Å². The number of aromatic nitrogens is 2. The smallest absolute Gasteiger partial charge is 0.318 e. The molecule has 3 aromatic carbocycles. The Bertz CT molecular complexity index is 1650. The second kappa shape index (κ2) is 7.60. The molecule has 9 heteroatoms. The van der Waals surface area contributed by atoms with Crippen molar-refractivity contribution in [2.75, 3.05) is 25.2 Å². The third-order valence-corrected chi connectivity index (χ3v) is 7.81. The minimum absolute atomic E-state index is 0.00225. The molecule has 3 unspecified atom stereocenters. The zero-order valence-electron chi connectivity index (χ0n) is 19.2. The van der Waals surface area contributed by atoms with E-state index in [4.69, 9.17) is 27.5 Å². The highest BCUT2D eigenvalue weighted by atomic mass is 35.5. The van der Waals surface area contributed by atoms with Crippen LogP contribution in [0.4, 0.5) is 10.2 Å². The molecule has 5 heterocycles. The molecule has 4 aliphatic rings. The number of aromatic hydroxyl groups is 1. The second-order valence-electron chi connectivity index (χ2n) is 9.37. The fourth-order valence-electron chi connectivity index (χ4n) is 5.82. The predicted octanol–water partition coefficient (Wildman–Crippen LogP) is 4.25.